The molecule has 1 unspecified atom stereocenters. The van der Waals surface area contributed by atoms with Gasteiger partial charge in [-0.1, -0.05) is 24.3 Å². The average Bonchev–Trinajstić information content (AvgIpc) is 3.19. The first-order valence-electron chi connectivity index (χ1n) is 8.50. The highest BCUT2D eigenvalue weighted by molar-refractivity contribution is 5.58. The number of nitrogens with zero attached hydrogens (tertiary/aromatic N) is 5. The monoisotopic (exact) mass is 338 g/mol. The summed E-state index contributed by atoms with van der Waals surface area (Å²) in [6.45, 7) is 1.64. The number of halogens is 1. The fourth-order valence-corrected chi connectivity index (χ4v) is 3.10. The summed E-state index contributed by atoms with van der Waals surface area (Å²) < 4.78 is 15.0. The summed E-state index contributed by atoms with van der Waals surface area (Å²) in [6, 6.07) is 0. The highest BCUT2D eigenvalue weighted by atomic mass is 19.1. The van der Waals surface area contributed by atoms with E-state index in [-0.39, 0.29) is 11.7 Å². The largest absolute Gasteiger partial charge is 0.354 e. The number of hydrogen-bond acceptors (Lipinski definition) is 6. The zero-order valence-electron chi connectivity index (χ0n) is 13.8. The molecule has 128 valence electrons. The minimum atomic E-state index is -0.438. The van der Waals surface area contributed by atoms with Crippen LogP contribution >= 0.6 is 0 Å². The van der Waals surface area contributed by atoms with Crippen molar-refractivity contribution >= 4 is 17.5 Å². The minimum absolute atomic E-state index is 0.0503. The van der Waals surface area contributed by atoms with Crippen LogP contribution in [-0.4, -0.2) is 33.0 Å². The number of nitrogens with one attached hydrogen (secondary N) is 1. The molecular formula is C18H19FN6. The van der Waals surface area contributed by atoms with Gasteiger partial charge >= 0.3 is 0 Å². The molecule has 6 nitrogen and oxygen atoms in total. The van der Waals surface area contributed by atoms with Crippen molar-refractivity contribution in [3.63, 3.8) is 0 Å². The van der Waals surface area contributed by atoms with E-state index in [1.54, 1.807) is 18.6 Å². The highest BCUT2D eigenvalue weighted by Crippen LogP contribution is 2.31. The van der Waals surface area contributed by atoms with E-state index in [1.165, 1.54) is 0 Å². The second-order valence-electron chi connectivity index (χ2n) is 6.13. The first kappa shape index (κ1) is 15.7. The van der Waals surface area contributed by atoms with Gasteiger partial charge in [-0.25, -0.2) is 15.0 Å². The summed E-state index contributed by atoms with van der Waals surface area (Å²) in [5.74, 6) is 1.21. The molecule has 1 atom stereocenters. The zero-order valence-corrected chi connectivity index (χ0v) is 13.8. The lowest BCUT2D eigenvalue weighted by molar-refractivity contribution is 0.604. The Morgan fingerprint density at radius 3 is 2.72 bits per heavy atom. The normalized spacial score (nSPS) is 19.4. The molecule has 25 heavy (non-hydrogen) atoms. The van der Waals surface area contributed by atoms with Gasteiger partial charge in [0, 0.05) is 31.4 Å². The fourth-order valence-electron chi connectivity index (χ4n) is 3.10. The molecule has 4 rings (SSSR count). The molecule has 1 saturated heterocycles. The van der Waals surface area contributed by atoms with Crippen molar-refractivity contribution in [1.82, 2.24) is 19.9 Å². The lowest BCUT2D eigenvalue weighted by Crippen LogP contribution is -2.23. The number of rotatable bonds is 4. The standard InChI is InChI=1S/C18H19FN6/c19-15-17(22-14-12-20-8-9-21-14)23-16(13-6-2-1-3-7-13)24-18(15)25-10-4-5-11-25/h1-3,6,8-9,12-13H,4-5,7,10-11H2,(H,21,22,23,24). The second kappa shape index (κ2) is 6.96. The molecule has 1 aliphatic heterocycles. The Hall–Kier alpha value is -2.83. The van der Waals surface area contributed by atoms with E-state index >= 15 is 4.39 Å². The van der Waals surface area contributed by atoms with Gasteiger partial charge in [0.2, 0.25) is 5.82 Å². The molecule has 2 aromatic heterocycles. The third-order valence-corrected chi connectivity index (χ3v) is 4.38. The van der Waals surface area contributed by atoms with Crippen molar-refractivity contribution in [1.29, 1.82) is 0 Å². The van der Waals surface area contributed by atoms with Gasteiger partial charge < -0.3 is 10.2 Å². The smallest absolute Gasteiger partial charge is 0.208 e. The fraction of sp³-hybridized carbons (Fsp3) is 0.333. The Labute approximate surface area is 145 Å². The maximum atomic E-state index is 15.0. The van der Waals surface area contributed by atoms with Crippen molar-refractivity contribution in [2.75, 3.05) is 23.3 Å². The van der Waals surface area contributed by atoms with E-state index in [2.05, 4.69) is 31.3 Å². The first-order valence-corrected chi connectivity index (χ1v) is 8.50. The summed E-state index contributed by atoms with van der Waals surface area (Å²) >= 11 is 0. The number of aromatic nitrogens is 4. The molecule has 2 aromatic rings. The Kier molecular flexibility index (Phi) is 4.37. The third-order valence-electron chi connectivity index (χ3n) is 4.38. The highest BCUT2D eigenvalue weighted by Gasteiger charge is 2.24. The van der Waals surface area contributed by atoms with Crippen molar-refractivity contribution in [2.24, 2.45) is 0 Å². The SMILES string of the molecule is Fc1c(Nc2cnccn2)nc(C2C=CC=CC2)nc1N1CCCC1. The Morgan fingerprint density at radius 2 is 2.00 bits per heavy atom. The van der Waals surface area contributed by atoms with Crippen LogP contribution in [0.25, 0.3) is 0 Å². The maximum absolute atomic E-state index is 15.0. The van der Waals surface area contributed by atoms with E-state index in [0.717, 1.165) is 32.4 Å². The summed E-state index contributed by atoms with van der Waals surface area (Å²) in [5, 5.41) is 2.95. The molecule has 3 heterocycles. The van der Waals surface area contributed by atoms with Gasteiger partial charge in [-0.3, -0.25) is 4.98 Å². The predicted octanol–water partition coefficient (Wildman–Crippen LogP) is 3.35. The van der Waals surface area contributed by atoms with Crippen LogP contribution in [0.1, 0.15) is 31.0 Å². The van der Waals surface area contributed by atoms with Gasteiger partial charge in [-0.15, -0.1) is 0 Å². The van der Waals surface area contributed by atoms with Crippen LogP contribution in [0.15, 0.2) is 42.9 Å². The van der Waals surface area contributed by atoms with Crippen molar-refractivity contribution in [3.05, 3.63) is 54.5 Å². The summed E-state index contributed by atoms with van der Waals surface area (Å²) in [4.78, 5) is 19.1. The van der Waals surface area contributed by atoms with Crippen LogP contribution in [0, 0.1) is 5.82 Å². The first-order chi connectivity index (χ1) is 12.3. The van der Waals surface area contributed by atoms with Gasteiger partial charge in [0.1, 0.15) is 11.6 Å². The third kappa shape index (κ3) is 3.35. The molecule has 1 N–H and O–H groups in total. The van der Waals surface area contributed by atoms with Crippen LogP contribution in [-0.2, 0) is 0 Å². The van der Waals surface area contributed by atoms with Gasteiger partial charge in [-0.2, -0.15) is 4.39 Å². The van der Waals surface area contributed by atoms with Crippen LogP contribution < -0.4 is 10.2 Å². The van der Waals surface area contributed by atoms with Gasteiger partial charge in [0.05, 0.1) is 6.20 Å². The number of anilines is 3. The van der Waals surface area contributed by atoms with E-state index < -0.39 is 5.82 Å². The molecule has 0 aromatic carbocycles. The Morgan fingerprint density at radius 1 is 1.12 bits per heavy atom. The molecule has 7 heteroatoms. The molecule has 0 saturated carbocycles. The number of hydrogen-bond donors (Lipinski definition) is 1. The van der Waals surface area contributed by atoms with Gasteiger partial charge in [-0.05, 0) is 19.3 Å². The lowest BCUT2D eigenvalue weighted by Gasteiger charge is -2.21. The second-order valence-corrected chi connectivity index (χ2v) is 6.13. The zero-order chi connectivity index (χ0) is 17.1. The molecule has 0 amide bonds. The number of allylic oxidation sites excluding steroid dienone is 4. The Bertz CT molecular complexity index is 799. The molecule has 0 bridgehead atoms. The minimum Gasteiger partial charge on any atom is -0.354 e. The maximum Gasteiger partial charge on any atom is 0.208 e. The van der Waals surface area contributed by atoms with Crippen LogP contribution in [0.2, 0.25) is 0 Å². The van der Waals surface area contributed by atoms with E-state index in [0.29, 0.717) is 17.5 Å². The molecular weight excluding hydrogens is 319 g/mol. The molecule has 0 spiro atoms. The van der Waals surface area contributed by atoms with Crippen molar-refractivity contribution < 1.29 is 4.39 Å². The topological polar surface area (TPSA) is 66.8 Å². The van der Waals surface area contributed by atoms with Crippen LogP contribution in [0.5, 0.6) is 0 Å². The van der Waals surface area contributed by atoms with Crippen molar-refractivity contribution in [2.45, 2.75) is 25.2 Å². The molecule has 2 aliphatic rings. The molecule has 1 aliphatic carbocycles. The lowest BCUT2D eigenvalue weighted by atomic mass is 10.00. The van der Waals surface area contributed by atoms with Gasteiger partial charge in [0.15, 0.2) is 11.6 Å². The van der Waals surface area contributed by atoms with Crippen LogP contribution in [0.3, 0.4) is 0 Å². The average molecular weight is 338 g/mol. The predicted molar refractivity (Wildman–Crippen MR) is 94.4 cm³/mol. The Balaban J connectivity index is 1.74. The summed E-state index contributed by atoms with van der Waals surface area (Å²) in [7, 11) is 0. The van der Waals surface area contributed by atoms with E-state index in [4.69, 9.17) is 0 Å². The molecule has 1 fully saturated rings. The van der Waals surface area contributed by atoms with Crippen molar-refractivity contribution in [3.8, 4) is 0 Å². The molecule has 0 radical (unpaired) electrons. The summed E-state index contributed by atoms with van der Waals surface area (Å²) in [5.41, 5.74) is 0. The summed E-state index contributed by atoms with van der Waals surface area (Å²) in [6.07, 6.45) is 15.7. The quantitative estimate of drug-likeness (QED) is 0.922. The van der Waals surface area contributed by atoms with Crippen LogP contribution in [0.4, 0.5) is 21.8 Å². The van der Waals surface area contributed by atoms with E-state index in [9.17, 15) is 0 Å². The van der Waals surface area contributed by atoms with Gasteiger partial charge in [0.25, 0.3) is 0 Å². The van der Waals surface area contributed by atoms with E-state index in [1.807, 2.05) is 23.1 Å².